The third kappa shape index (κ3) is 5.11. The SMILES string of the molecule is C=CC(=O)Oc1cccc(F)c1-c1c(Cl)cc2c3c4c(nc2c1F)O[C@H](CN1CCCC1)CN4C(=C=O)[C@H]1CN(C(=O)C=C)[C@H](C)CN31. The second-order valence-corrected chi connectivity index (χ2v) is 12.8. The molecule has 2 fully saturated rings. The number of benzene rings is 2. The summed E-state index contributed by atoms with van der Waals surface area (Å²) in [5.74, 6) is -0.939. The van der Waals surface area contributed by atoms with Crippen LogP contribution in [0.2, 0.25) is 5.02 Å². The topological polar surface area (TPSA) is 95.5 Å². The van der Waals surface area contributed by atoms with Crippen molar-refractivity contribution in [3.05, 3.63) is 71.9 Å². The van der Waals surface area contributed by atoms with Crippen LogP contribution in [0.4, 0.5) is 20.2 Å². The fraction of sp³-hybridized carbons (Fsp3) is 0.343. The average Bonchev–Trinajstić information content (AvgIpc) is 3.58. The highest BCUT2D eigenvalue weighted by molar-refractivity contribution is 6.34. The van der Waals surface area contributed by atoms with Crippen LogP contribution in [-0.4, -0.2) is 90.1 Å². The molecule has 0 bridgehead atoms. The van der Waals surface area contributed by atoms with Gasteiger partial charge in [0, 0.05) is 42.7 Å². The summed E-state index contributed by atoms with van der Waals surface area (Å²) in [6.45, 7) is 12.0. The number of nitrogens with zero attached hydrogens (tertiary/aromatic N) is 5. The van der Waals surface area contributed by atoms with Crippen LogP contribution in [0.1, 0.15) is 19.8 Å². The number of pyridine rings is 1. The van der Waals surface area contributed by atoms with Gasteiger partial charge in [-0.1, -0.05) is 30.8 Å². The lowest BCUT2D eigenvalue weighted by atomic mass is 9.94. The molecule has 13 heteroatoms. The van der Waals surface area contributed by atoms with E-state index in [0.29, 0.717) is 35.5 Å². The molecule has 248 valence electrons. The van der Waals surface area contributed by atoms with Gasteiger partial charge in [0.25, 0.3) is 0 Å². The lowest BCUT2D eigenvalue weighted by molar-refractivity contribution is -0.129. The first-order valence-corrected chi connectivity index (χ1v) is 16.1. The standard InChI is InChI=1S/C35H32ClF2N5O5/c1-4-27(45)41-17-24-25(18-44)43-16-20(15-40-11-6-7-12-40)47-35-34(43)33(42(24)14-19(41)3)21-13-22(36)29(31(38)32(21)39-35)30-23(37)9-8-10-26(30)48-28(46)5-2/h4-5,8-10,13,19-20,24H,1-2,6-7,11-12,14-17H2,3H3/t19-,20-,24-/m1/s1. The Morgan fingerprint density at radius 2 is 1.90 bits per heavy atom. The first-order chi connectivity index (χ1) is 23.1. The summed E-state index contributed by atoms with van der Waals surface area (Å²) >= 11 is 6.79. The molecule has 5 heterocycles. The summed E-state index contributed by atoms with van der Waals surface area (Å²) in [5.41, 5.74) is 0.468. The third-order valence-electron chi connectivity index (χ3n) is 9.48. The molecular formula is C35H32ClF2N5O5. The summed E-state index contributed by atoms with van der Waals surface area (Å²) in [6.07, 6.45) is 3.86. The monoisotopic (exact) mass is 675 g/mol. The van der Waals surface area contributed by atoms with E-state index in [-0.39, 0.29) is 58.3 Å². The zero-order chi connectivity index (χ0) is 33.9. The van der Waals surface area contributed by atoms with Crippen molar-refractivity contribution in [3.8, 4) is 22.8 Å². The van der Waals surface area contributed by atoms with Crippen LogP contribution in [0.25, 0.3) is 22.0 Å². The van der Waals surface area contributed by atoms with Gasteiger partial charge >= 0.3 is 5.97 Å². The van der Waals surface area contributed by atoms with E-state index in [1.807, 2.05) is 16.7 Å². The molecule has 0 N–H and O–H groups in total. The van der Waals surface area contributed by atoms with E-state index in [1.54, 1.807) is 4.90 Å². The van der Waals surface area contributed by atoms with Crippen molar-refractivity contribution in [2.24, 2.45) is 0 Å². The molecule has 2 saturated heterocycles. The maximum Gasteiger partial charge on any atom is 0.335 e. The first-order valence-electron chi connectivity index (χ1n) is 15.7. The van der Waals surface area contributed by atoms with Crippen molar-refractivity contribution in [1.82, 2.24) is 14.8 Å². The van der Waals surface area contributed by atoms with Gasteiger partial charge in [0.15, 0.2) is 5.82 Å². The molecule has 4 aliphatic heterocycles. The predicted molar refractivity (Wildman–Crippen MR) is 177 cm³/mol. The van der Waals surface area contributed by atoms with Crippen LogP contribution in [0.15, 0.2) is 55.3 Å². The van der Waals surface area contributed by atoms with E-state index in [1.165, 1.54) is 24.3 Å². The number of carbonyl (C=O) groups is 2. The van der Waals surface area contributed by atoms with Gasteiger partial charge in [-0.3, -0.25) is 9.69 Å². The molecular weight excluding hydrogens is 644 g/mol. The van der Waals surface area contributed by atoms with Crippen molar-refractivity contribution >= 4 is 51.7 Å². The van der Waals surface area contributed by atoms with Crippen molar-refractivity contribution in [2.75, 3.05) is 49.1 Å². The Bertz CT molecular complexity index is 1940. The van der Waals surface area contributed by atoms with Crippen molar-refractivity contribution < 1.29 is 32.6 Å². The molecule has 48 heavy (non-hydrogen) atoms. The van der Waals surface area contributed by atoms with Crippen LogP contribution in [0.5, 0.6) is 11.6 Å². The Morgan fingerprint density at radius 1 is 1.12 bits per heavy atom. The number of hydrogen-bond acceptors (Lipinski definition) is 9. The number of ether oxygens (including phenoxy) is 2. The summed E-state index contributed by atoms with van der Waals surface area (Å²) in [4.78, 5) is 50.1. The van der Waals surface area contributed by atoms with Crippen molar-refractivity contribution in [3.63, 3.8) is 0 Å². The van der Waals surface area contributed by atoms with E-state index in [9.17, 15) is 14.4 Å². The summed E-state index contributed by atoms with van der Waals surface area (Å²) in [6, 6.07) is 4.33. The van der Waals surface area contributed by atoms with Gasteiger partial charge in [0.05, 0.1) is 28.9 Å². The number of hydrogen-bond donors (Lipinski definition) is 0. The Balaban J connectivity index is 1.46. The highest BCUT2D eigenvalue weighted by atomic mass is 35.5. The van der Waals surface area contributed by atoms with Gasteiger partial charge in [-0.25, -0.2) is 23.4 Å². The van der Waals surface area contributed by atoms with E-state index in [4.69, 9.17) is 21.1 Å². The minimum absolute atomic E-state index is 0.107. The molecule has 3 aromatic rings. The van der Waals surface area contributed by atoms with Crippen LogP contribution in [0.3, 0.4) is 0 Å². The van der Waals surface area contributed by atoms with Gasteiger partial charge in [0.1, 0.15) is 40.5 Å². The molecule has 7 rings (SSSR count). The van der Waals surface area contributed by atoms with Crippen LogP contribution in [-0.2, 0) is 14.4 Å². The van der Waals surface area contributed by atoms with Gasteiger partial charge in [-0.05, 0) is 57.1 Å². The molecule has 0 radical (unpaired) electrons. The number of anilines is 2. The zero-order valence-corrected chi connectivity index (χ0v) is 26.9. The molecule has 0 saturated carbocycles. The molecule has 0 spiro atoms. The molecule has 4 aliphatic rings. The highest BCUT2D eigenvalue weighted by Gasteiger charge is 2.48. The number of likely N-dealkylation sites (tertiary alicyclic amines) is 1. The Morgan fingerprint density at radius 3 is 2.60 bits per heavy atom. The second kappa shape index (κ2) is 12.4. The summed E-state index contributed by atoms with van der Waals surface area (Å²) < 4.78 is 44.2. The van der Waals surface area contributed by atoms with E-state index >= 15 is 8.78 Å². The maximum absolute atomic E-state index is 17.0. The normalized spacial score (nSPS) is 21.7. The fourth-order valence-corrected chi connectivity index (χ4v) is 7.64. The fourth-order valence-electron chi connectivity index (χ4n) is 7.35. The second-order valence-electron chi connectivity index (χ2n) is 12.4. The van der Waals surface area contributed by atoms with Crippen LogP contribution >= 0.6 is 11.6 Å². The van der Waals surface area contributed by atoms with Gasteiger partial charge in [-0.15, -0.1) is 0 Å². The third-order valence-corrected chi connectivity index (χ3v) is 9.78. The number of esters is 1. The first kappa shape index (κ1) is 31.8. The number of piperazine rings is 1. The van der Waals surface area contributed by atoms with Crippen LogP contribution < -0.4 is 19.3 Å². The lowest BCUT2D eigenvalue weighted by Gasteiger charge is -2.53. The van der Waals surface area contributed by atoms with Gasteiger partial charge < -0.3 is 24.2 Å². The van der Waals surface area contributed by atoms with E-state index in [0.717, 1.165) is 38.1 Å². The molecule has 0 unspecified atom stereocenters. The zero-order valence-electron chi connectivity index (χ0n) is 26.2. The summed E-state index contributed by atoms with van der Waals surface area (Å²) in [7, 11) is 0. The van der Waals surface area contributed by atoms with Crippen molar-refractivity contribution in [2.45, 2.75) is 38.0 Å². The van der Waals surface area contributed by atoms with E-state index in [2.05, 4.69) is 29.0 Å². The maximum atomic E-state index is 17.0. The molecule has 1 amide bonds. The quantitative estimate of drug-likeness (QED) is 0.156. The Kier molecular flexibility index (Phi) is 8.19. The molecule has 1 aromatic heterocycles. The predicted octanol–water partition coefficient (Wildman–Crippen LogP) is 4.91. The van der Waals surface area contributed by atoms with Crippen molar-refractivity contribution in [1.29, 1.82) is 0 Å². The minimum Gasteiger partial charge on any atom is -0.470 e. The Labute approximate surface area is 280 Å². The van der Waals surface area contributed by atoms with Gasteiger partial charge in [-0.2, -0.15) is 0 Å². The van der Waals surface area contributed by atoms with Gasteiger partial charge in [0.2, 0.25) is 11.8 Å². The molecule has 0 aliphatic carbocycles. The largest absolute Gasteiger partial charge is 0.470 e. The Hall–Kier alpha value is -4.77. The number of amides is 1. The molecule has 2 aromatic carbocycles. The number of carbonyl (C=O) groups excluding carboxylic acids is 3. The average molecular weight is 676 g/mol. The minimum atomic E-state index is -0.948. The lowest BCUT2D eigenvalue weighted by Crippen LogP contribution is -2.64. The number of rotatable bonds is 6. The molecule has 10 nitrogen and oxygen atoms in total. The summed E-state index contributed by atoms with van der Waals surface area (Å²) in [5, 5.41) is 0.147. The number of halogens is 3. The smallest absolute Gasteiger partial charge is 0.335 e. The van der Waals surface area contributed by atoms with E-state index < -0.39 is 29.7 Å². The highest BCUT2D eigenvalue weighted by Crippen LogP contribution is 2.53. The number of aromatic nitrogens is 1. The van der Waals surface area contributed by atoms with Crippen LogP contribution in [0, 0.1) is 11.6 Å². The number of fused-ring (bicyclic) bond motifs is 4. The molecule has 3 atom stereocenters.